The SMILES string of the molecule is O=C(CCSc1ccccc1Cl)NC1CCC(C(=O)O)C1. The van der Waals surface area contributed by atoms with Crippen LogP contribution < -0.4 is 5.32 Å². The van der Waals surface area contributed by atoms with Gasteiger partial charge in [0.1, 0.15) is 0 Å². The molecule has 0 heterocycles. The number of carboxylic acids is 1. The maximum absolute atomic E-state index is 11.8. The monoisotopic (exact) mass is 327 g/mol. The molecule has 1 aliphatic rings. The molecule has 0 aromatic heterocycles. The smallest absolute Gasteiger partial charge is 0.306 e. The zero-order valence-electron chi connectivity index (χ0n) is 11.5. The summed E-state index contributed by atoms with van der Waals surface area (Å²) < 4.78 is 0. The van der Waals surface area contributed by atoms with E-state index in [1.807, 2.05) is 24.3 Å². The number of rotatable bonds is 6. The molecule has 0 saturated heterocycles. The fraction of sp³-hybridized carbons (Fsp3) is 0.467. The van der Waals surface area contributed by atoms with Crippen LogP contribution in [0.5, 0.6) is 0 Å². The number of carboxylic acid groups (broad SMARTS) is 1. The Morgan fingerprint density at radius 1 is 1.33 bits per heavy atom. The second-order valence-electron chi connectivity index (χ2n) is 5.14. The maximum atomic E-state index is 11.8. The first-order valence-electron chi connectivity index (χ1n) is 6.95. The van der Waals surface area contributed by atoms with E-state index in [9.17, 15) is 9.59 Å². The molecule has 1 aromatic carbocycles. The molecule has 21 heavy (non-hydrogen) atoms. The van der Waals surface area contributed by atoms with E-state index in [0.29, 0.717) is 30.0 Å². The third-order valence-electron chi connectivity index (χ3n) is 3.57. The van der Waals surface area contributed by atoms with Crippen LogP contribution in [0.4, 0.5) is 0 Å². The standard InChI is InChI=1S/C15H18ClNO3S/c16-12-3-1-2-4-13(12)21-8-7-14(18)17-11-6-5-10(9-11)15(19)20/h1-4,10-11H,5-9H2,(H,17,18)(H,19,20). The molecule has 1 saturated carbocycles. The molecular formula is C15H18ClNO3S. The van der Waals surface area contributed by atoms with Gasteiger partial charge >= 0.3 is 5.97 Å². The number of halogens is 1. The number of carbonyl (C=O) groups excluding carboxylic acids is 1. The van der Waals surface area contributed by atoms with Crippen LogP contribution in [-0.4, -0.2) is 28.8 Å². The fourth-order valence-corrected chi connectivity index (χ4v) is 3.64. The summed E-state index contributed by atoms with van der Waals surface area (Å²) in [5.41, 5.74) is 0. The van der Waals surface area contributed by atoms with Gasteiger partial charge in [-0.15, -0.1) is 11.8 Å². The van der Waals surface area contributed by atoms with Crippen molar-refractivity contribution in [3.8, 4) is 0 Å². The lowest BCUT2D eigenvalue weighted by Crippen LogP contribution is -2.33. The molecule has 0 radical (unpaired) electrons. The second kappa shape index (κ2) is 7.71. The molecule has 2 rings (SSSR count). The first-order valence-corrected chi connectivity index (χ1v) is 8.32. The zero-order valence-corrected chi connectivity index (χ0v) is 13.1. The largest absolute Gasteiger partial charge is 0.481 e. The molecule has 1 aromatic rings. The van der Waals surface area contributed by atoms with Crippen molar-refractivity contribution in [2.75, 3.05) is 5.75 Å². The molecule has 114 valence electrons. The van der Waals surface area contributed by atoms with Crippen molar-refractivity contribution in [2.24, 2.45) is 5.92 Å². The van der Waals surface area contributed by atoms with Crippen LogP contribution in [0.25, 0.3) is 0 Å². The van der Waals surface area contributed by atoms with Crippen molar-refractivity contribution in [1.82, 2.24) is 5.32 Å². The van der Waals surface area contributed by atoms with Gasteiger partial charge in [-0.05, 0) is 31.4 Å². The first-order chi connectivity index (χ1) is 10.1. The predicted molar refractivity (Wildman–Crippen MR) is 83.7 cm³/mol. The number of nitrogens with one attached hydrogen (secondary N) is 1. The molecule has 0 bridgehead atoms. The molecular weight excluding hydrogens is 310 g/mol. The van der Waals surface area contributed by atoms with Gasteiger partial charge in [-0.25, -0.2) is 0 Å². The number of hydrogen-bond acceptors (Lipinski definition) is 3. The number of carbonyl (C=O) groups is 2. The van der Waals surface area contributed by atoms with Crippen LogP contribution in [0.15, 0.2) is 29.2 Å². The highest BCUT2D eigenvalue weighted by atomic mass is 35.5. The van der Waals surface area contributed by atoms with Crippen LogP contribution in [0.1, 0.15) is 25.7 Å². The van der Waals surface area contributed by atoms with E-state index in [2.05, 4.69) is 5.32 Å². The Labute approximate surface area is 133 Å². The third-order valence-corrected chi connectivity index (χ3v) is 5.09. The first kappa shape index (κ1) is 16.2. The van der Waals surface area contributed by atoms with E-state index in [-0.39, 0.29) is 17.9 Å². The maximum Gasteiger partial charge on any atom is 0.306 e. The molecule has 0 aliphatic heterocycles. The van der Waals surface area contributed by atoms with Crippen LogP contribution in [0, 0.1) is 5.92 Å². The summed E-state index contributed by atoms with van der Waals surface area (Å²) >= 11 is 7.60. The molecule has 2 atom stereocenters. The second-order valence-corrected chi connectivity index (χ2v) is 6.69. The van der Waals surface area contributed by atoms with Gasteiger partial charge in [0.25, 0.3) is 0 Å². The number of hydrogen-bond donors (Lipinski definition) is 2. The van der Waals surface area contributed by atoms with Crippen LogP contribution in [0.2, 0.25) is 5.02 Å². The Morgan fingerprint density at radius 2 is 2.10 bits per heavy atom. The molecule has 1 fully saturated rings. The molecule has 2 unspecified atom stereocenters. The van der Waals surface area contributed by atoms with Crippen molar-refractivity contribution in [1.29, 1.82) is 0 Å². The highest BCUT2D eigenvalue weighted by Gasteiger charge is 2.30. The minimum absolute atomic E-state index is 0.00362. The van der Waals surface area contributed by atoms with E-state index in [0.717, 1.165) is 11.3 Å². The fourth-order valence-electron chi connectivity index (χ4n) is 2.45. The van der Waals surface area contributed by atoms with Crippen molar-refractivity contribution in [3.05, 3.63) is 29.3 Å². The van der Waals surface area contributed by atoms with Crippen LogP contribution >= 0.6 is 23.4 Å². The lowest BCUT2D eigenvalue weighted by atomic mass is 10.1. The van der Waals surface area contributed by atoms with Gasteiger partial charge in [0, 0.05) is 23.1 Å². The third kappa shape index (κ3) is 4.93. The Bertz CT molecular complexity index is 523. The van der Waals surface area contributed by atoms with Crippen LogP contribution in [0.3, 0.4) is 0 Å². The lowest BCUT2D eigenvalue weighted by molar-refractivity contribution is -0.141. The topological polar surface area (TPSA) is 66.4 Å². The average Bonchev–Trinajstić information content (AvgIpc) is 2.89. The van der Waals surface area contributed by atoms with Gasteiger partial charge in [-0.3, -0.25) is 9.59 Å². The van der Waals surface area contributed by atoms with Crippen LogP contribution in [-0.2, 0) is 9.59 Å². The molecule has 0 spiro atoms. The Morgan fingerprint density at radius 3 is 2.76 bits per heavy atom. The summed E-state index contributed by atoms with van der Waals surface area (Å²) in [4.78, 5) is 23.7. The molecule has 1 aliphatic carbocycles. The minimum atomic E-state index is -0.763. The summed E-state index contributed by atoms with van der Waals surface area (Å²) in [5.74, 6) is -0.440. The van der Waals surface area contributed by atoms with Crippen molar-refractivity contribution in [2.45, 2.75) is 36.6 Å². The van der Waals surface area contributed by atoms with Crippen molar-refractivity contribution < 1.29 is 14.7 Å². The summed E-state index contributed by atoms with van der Waals surface area (Å²) in [6.45, 7) is 0. The van der Waals surface area contributed by atoms with E-state index in [1.165, 1.54) is 0 Å². The minimum Gasteiger partial charge on any atom is -0.481 e. The molecule has 4 nitrogen and oxygen atoms in total. The average molecular weight is 328 g/mol. The molecule has 1 amide bonds. The van der Waals surface area contributed by atoms with Gasteiger partial charge < -0.3 is 10.4 Å². The van der Waals surface area contributed by atoms with Crippen molar-refractivity contribution in [3.63, 3.8) is 0 Å². The Hall–Kier alpha value is -1.20. The quantitative estimate of drug-likeness (QED) is 0.787. The summed E-state index contributed by atoms with van der Waals surface area (Å²) in [7, 11) is 0. The number of aliphatic carboxylic acids is 1. The van der Waals surface area contributed by atoms with Crippen molar-refractivity contribution >= 4 is 35.2 Å². The van der Waals surface area contributed by atoms with Gasteiger partial charge in [0.2, 0.25) is 5.91 Å². The van der Waals surface area contributed by atoms with E-state index >= 15 is 0 Å². The highest BCUT2D eigenvalue weighted by Crippen LogP contribution is 2.28. The molecule has 2 N–H and O–H groups in total. The summed E-state index contributed by atoms with van der Waals surface area (Å²) in [6.07, 6.45) is 2.35. The number of amides is 1. The van der Waals surface area contributed by atoms with Gasteiger partial charge in [-0.1, -0.05) is 23.7 Å². The Kier molecular flexibility index (Phi) is 5.94. The number of benzene rings is 1. The Balaban J connectivity index is 1.69. The summed E-state index contributed by atoms with van der Waals surface area (Å²) in [5, 5.41) is 12.5. The number of thioether (sulfide) groups is 1. The summed E-state index contributed by atoms with van der Waals surface area (Å²) in [6, 6.07) is 7.55. The predicted octanol–water partition coefficient (Wildman–Crippen LogP) is 3.19. The van der Waals surface area contributed by atoms with E-state index in [4.69, 9.17) is 16.7 Å². The van der Waals surface area contributed by atoms with Gasteiger partial charge in [-0.2, -0.15) is 0 Å². The normalized spacial score (nSPS) is 21.2. The lowest BCUT2D eigenvalue weighted by Gasteiger charge is -2.12. The van der Waals surface area contributed by atoms with Gasteiger partial charge in [0.05, 0.1) is 10.9 Å². The van der Waals surface area contributed by atoms with E-state index in [1.54, 1.807) is 11.8 Å². The van der Waals surface area contributed by atoms with E-state index < -0.39 is 5.97 Å². The zero-order chi connectivity index (χ0) is 15.2. The molecule has 6 heteroatoms. The van der Waals surface area contributed by atoms with Gasteiger partial charge in [0.15, 0.2) is 0 Å². The highest BCUT2D eigenvalue weighted by molar-refractivity contribution is 7.99.